The van der Waals surface area contributed by atoms with Crippen molar-refractivity contribution in [2.75, 3.05) is 18.9 Å². The number of nitrogen functional groups attached to an aromatic ring is 1. The molecule has 0 saturated heterocycles. The van der Waals surface area contributed by atoms with E-state index < -0.39 is 48.9 Å². The monoisotopic (exact) mass is 668 g/mol. The van der Waals surface area contributed by atoms with Crippen LogP contribution in [0.5, 0.6) is 5.75 Å². The van der Waals surface area contributed by atoms with Crippen LogP contribution in [0, 0.1) is 6.92 Å². The van der Waals surface area contributed by atoms with Gasteiger partial charge in [-0.3, -0.25) is 19.0 Å². The van der Waals surface area contributed by atoms with Crippen LogP contribution in [0.2, 0.25) is 0 Å². The van der Waals surface area contributed by atoms with Crippen molar-refractivity contribution in [3.05, 3.63) is 77.4 Å². The molecule has 0 aliphatic carbocycles. The number of hydrogen-bond acceptors (Lipinski definition) is 14. The van der Waals surface area contributed by atoms with Crippen LogP contribution < -0.4 is 5.73 Å². The zero-order chi connectivity index (χ0) is 33.8. The van der Waals surface area contributed by atoms with Gasteiger partial charge in [-0.2, -0.15) is 18.6 Å². The van der Waals surface area contributed by atoms with Crippen molar-refractivity contribution in [1.29, 1.82) is 0 Å². The number of nitrogens with zero attached hydrogens (tertiary/aromatic N) is 5. The number of aryl methyl sites for hydroxylation is 1. The van der Waals surface area contributed by atoms with E-state index in [4.69, 9.17) is 23.5 Å². The number of fused-ring (bicyclic) bond motifs is 2. The number of aliphatic hydroxyl groups excluding tert-OH is 1. The molecular weight excluding hydrogens is 644 g/mol. The number of nitrogens with two attached hydrogens (primary N) is 1. The van der Waals surface area contributed by atoms with Crippen molar-refractivity contribution in [2.24, 2.45) is 20.5 Å². The Kier molecular flexibility index (Phi) is 9.96. The quantitative estimate of drug-likeness (QED) is 0.0880. The number of anilines is 1. The summed E-state index contributed by atoms with van der Waals surface area (Å²) in [7, 11) is -8.00. The molecule has 0 bridgehead atoms. The van der Waals surface area contributed by atoms with Gasteiger partial charge in [-0.05, 0) is 61.2 Å². The summed E-state index contributed by atoms with van der Waals surface area (Å²) in [5, 5.41) is 36.5. The number of amides is 2. The maximum absolute atomic E-state index is 12.7. The molecule has 1 aliphatic heterocycles. The van der Waals surface area contributed by atoms with Crippen LogP contribution >= 0.6 is 0 Å². The zero-order valence-corrected chi connectivity index (χ0v) is 25.4. The molecule has 238 valence electrons. The first-order valence-electron chi connectivity index (χ1n) is 13.1. The zero-order valence-electron chi connectivity index (χ0n) is 23.7. The first-order valence-corrected chi connectivity index (χ1v) is 15.5. The minimum atomic E-state index is -4.89. The van der Waals surface area contributed by atoms with Crippen LogP contribution in [0.25, 0.3) is 10.8 Å². The van der Waals surface area contributed by atoms with Gasteiger partial charge in [-0.25, -0.2) is 0 Å². The minimum Gasteiger partial charge on any atom is -0.505 e. The molecule has 5 rings (SSSR count). The Morgan fingerprint density at radius 2 is 1.46 bits per heavy atom. The number of aromatic hydroxyl groups is 1. The fourth-order valence-corrected chi connectivity index (χ4v) is 5.10. The van der Waals surface area contributed by atoms with Gasteiger partial charge in [0.05, 0.1) is 33.6 Å². The lowest BCUT2D eigenvalue weighted by Gasteiger charge is -2.12. The van der Waals surface area contributed by atoms with E-state index in [1.165, 1.54) is 30.3 Å². The number of benzene rings is 4. The van der Waals surface area contributed by atoms with Crippen molar-refractivity contribution in [3.63, 3.8) is 0 Å². The largest absolute Gasteiger partial charge is 0.505 e. The predicted octanol–water partition coefficient (Wildman–Crippen LogP) is 4.49. The van der Waals surface area contributed by atoms with Crippen LogP contribution in [0.3, 0.4) is 0 Å². The maximum atomic E-state index is 12.7. The van der Waals surface area contributed by atoms with E-state index in [-0.39, 0.29) is 58.5 Å². The Balaban J connectivity index is 0.00000113. The third kappa shape index (κ3) is 7.26. The molecule has 0 spiro atoms. The lowest BCUT2D eigenvalue weighted by Crippen LogP contribution is -2.31. The predicted molar refractivity (Wildman–Crippen MR) is 163 cm³/mol. The molecule has 0 unspecified atom stereocenters. The van der Waals surface area contributed by atoms with Crippen molar-refractivity contribution >= 4 is 71.8 Å². The average molecular weight is 669 g/mol. The first kappa shape index (κ1) is 33.5. The number of carbonyl (C=O) groups is 2. The smallest absolute Gasteiger partial charge is 0.425 e. The Labute approximate surface area is 262 Å². The van der Waals surface area contributed by atoms with Gasteiger partial charge in [0.2, 0.25) is 0 Å². The molecule has 4 aromatic carbocycles. The molecule has 46 heavy (non-hydrogen) atoms. The molecule has 16 nitrogen and oxygen atoms in total. The normalized spacial score (nSPS) is 13.0. The molecule has 0 aromatic heterocycles. The number of aliphatic hydroxyl groups is 1. The number of rotatable bonds is 8. The highest BCUT2D eigenvalue weighted by Crippen LogP contribution is 2.46. The van der Waals surface area contributed by atoms with Crippen LogP contribution in [0.4, 0.5) is 28.4 Å². The van der Waals surface area contributed by atoms with E-state index in [0.29, 0.717) is 5.69 Å². The number of phenolic OH excluding ortho intramolecular Hbond substituents is 1. The van der Waals surface area contributed by atoms with Gasteiger partial charge < -0.3 is 15.9 Å². The molecular formula is C28H24N6O10S2. The Hall–Kier alpha value is -5.43. The molecule has 1 heterocycles. The van der Waals surface area contributed by atoms with Gasteiger partial charge in [0, 0.05) is 13.2 Å². The van der Waals surface area contributed by atoms with E-state index in [1.807, 2.05) is 19.1 Å². The maximum Gasteiger partial charge on any atom is 0.425 e. The lowest BCUT2D eigenvalue weighted by molar-refractivity contribution is 0.0645. The molecule has 2 amide bonds. The number of azo groups is 2. The van der Waals surface area contributed by atoms with Crippen molar-refractivity contribution in [1.82, 2.24) is 4.90 Å². The third-order valence-electron chi connectivity index (χ3n) is 6.58. The summed E-state index contributed by atoms with van der Waals surface area (Å²) in [5.41, 5.74) is 7.72. The topological polar surface area (TPSA) is 259 Å². The van der Waals surface area contributed by atoms with Crippen molar-refractivity contribution < 1.29 is 45.4 Å². The summed E-state index contributed by atoms with van der Waals surface area (Å²) >= 11 is 0. The fraction of sp³-hybridized carbons (Fsp3) is 0.143. The minimum absolute atomic E-state index is 0.00552. The second kappa shape index (κ2) is 13.7. The Bertz CT molecular complexity index is 2150. The van der Waals surface area contributed by atoms with Crippen LogP contribution in [-0.2, 0) is 20.7 Å². The van der Waals surface area contributed by atoms with Crippen LogP contribution in [0.15, 0.2) is 86.0 Å². The van der Waals surface area contributed by atoms with Crippen LogP contribution in [-0.4, -0.2) is 65.7 Å². The molecule has 18 heteroatoms. The standard InChI is InChI=1S/C28H24N6O7S.O3S/c1-15-3-6-17(7-4-15)30-32-21-10-5-16-13-22(42(39,40)41)25(26(36)23(16)24(21)29)33-31-18-8-9-19-20(14-18)28(38)34(27(19)37)11-2-12-35;1-4(2)3/h3-10,13-14,35-36H,2,11-12,29H2,1H3,(H,39,40,41);. The number of imide groups is 1. The van der Waals surface area contributed by atoms with Gasteiger partial charge in [-0.15, -0.1) is 22.9 Å². The number of carbonyl (C=O) groups excluding carboxylic acids is 2. The summed E-state index contributed by atoms with van der Waals surface area (Å²) in [6.45, 7) is 1.77. The van der Waals surface area contributed by atoms with E-state index in [2.05, 4.69) is 20.5 Å². The number of phenols is 1. The van der Waals surface area contributed by atoms with Gasteiger partial charge >= 0.3 is 10.6 Å². The highest BCUT2D eigenvalue weighted by molar-refractivity contribution is 7.86. The Morgan fingerprint density at radius 3 is 2.09 bits per heavy atom. The van der Waals surface area contributed by atoms with E-state index >= 15 is 0 Å². The molecule has 0 fully saturated rings. The molecule has 5 N–H and O–H groups in total. The molecule has 0 saturated carbocycles. The molecule has 0 radical (unpaired) electrons. The first-order chi connectivity index (χ1) is 21.7. The second-order valence-electron chi connectivity index (χ2n) is 9.65. The average Bonchev–Trinajstić information content (AvgIpc) is 3.23. The third-order valence-corrected chi connectivity index (χ3v) is 7.45. The Morgan fingerprint density at radius 1 is 0.848 bits per heavy atom. The molecule has 1 aliphatic rings. The fourth-order valence-electron chi connectivity index (χ4n) is 4.44. The highest BCUT2D eigenvalue weighted by atomic mass is 32.2. The molecule has 0 atom stereocenters. The summed E-state index contributed by atoms with van der Waals surface area (Å²) in [4.78, 5) is 25.5. The van der Waals surface area contributed by atoms with Gasteiger partial charge in [0.25, 0.3) is 21.9 Å². The molecule has 4 aromatic rings. The van der Waals surface area contributed by atoms with E-state index in [0.717, 1.165) is 16.5 Å². The summed E-state index contributed by atoms with van der Waals surface area (Å²) < 4.78 is 59.7. The summed E-state index contributed by atoms with van der Waals surface area (Å²) in [6.07, 6.45) is 0.218. The lowest BCUT2D eigenvalue weighted by atomic mass is 10.1. The van der Waals surface area contributed by atoms with E-state index in [1.54, 1.807) is 12.1 Å². The van der Waals surface area contributed by atoms with Crippen molar-refractivity contribution in [3.8, 4) is 5.75 Å². The van der Waals surface area contributed by atoms with Gasteiger partial charge in [-0.1, -0.05) is 23.8 Å². The second-order valence-corrected chi connectivity index (χ2v) is 11.5. The van der Waals surface area contributed by atoms with Crippen LogP contribution in [0.1, 0.15) is 32.7 Å². The van der Waals surface area contributed by atoms with E-state index in [9.17, 15) is 27.7 Å². The SMILES string of the molecule is Cc1ccc(N=Nc2ccc3cc(S(=O)(=O)O)c(N=Nc4ccc5c(c4)C(=O)N(CCCO)C5=O)c(O)c3c2N)cc1.O=S(=O)=O. The van der Waals surface area contributed by atoms with Gasteiger partial charge in [0.1, 0.15) is 16.3 Å². The van der Waals surface area contributed by atoms with Gasteiger partial charge in [0.15, 0.2) is 5.75 Å². The highest BCUT2D eigenvalue weighted by Gasteiger charge is 2.35. The summed E-state index contributed by atoms with van der Waals surface area (Å²) in [6, 6.07) is 15.3. The number of hydrogen-bond donors (Lipinski definition) is 4. The van der Waals surface area contributed by atoms with Crippen molar-refractivity contribution in [2.45, 2.75) is 18.2 Å². The summed E-state index contributed by atoms with van der Waals surface area (Å²) in [5.74, 6) is -1.78.